The zero-order valence-corrected chi connectivity index (χ0v) is 40.4. The van der Waals surface area contributed by atoms with E-state index in [1.165, 1.54) is 11.1 Å². The Kier molecular flexibility index (Phi) is 12.4. The number of benzene rings is 2. The molecule has 0 radical (unpaired) electrons. The normalized spacial score (nSPS) is 30.0. The fourth-order valence-electron chi connectivity index (χ4n) is 13.5. The Morgan fingerprint density at radius 1 is 1.06 bits per heavy atom. The van der Waals surface area contributed by atoms with Crippen molar-refractivity contribution >= 4 is 40.1 Å². The number of aromatic nitrogens is 2. The molecule has 3 aromatic heterocycles. The summed E-state index contributed by atoms with van der Waals surface area (Å²) in [6, 6.07) is 18.2. The third-order valence-corrected chi connectivity index (χ3v) is 18.7. The Bertz CT molecular complexity index is 2820. The SMILES string of the molecule is CC#Cc1ccc(-c2ccc(C(=O)[C@@H]3CC[C@@H]4C[C@]35C[C@@H]([C@H]3C#Cc6c(cc(O)cc6NC[C@@](C)(O)Cc6cccc(c6Cc6cnc[nH]6)C3)C[C@@H]4NC(N)=NC)[C@]3(CCC[C@@H]3CO)C5)s2)s1. The van der Waals surface area contributed by atoms with Crippen LogP contribution >= 0.6 is 22.7 Å². The van der Waals surface area contributed by atoms with Gasteiger partial charge >= 0.3 is 0 Å². The predicted molar refractivity (Wildman–Crippen MR) is 268 cm³/mol. The molecule has 10 rings (SSSR count). The molecule has 3 fully saturated rings. The first-order chi connectivity index (χ1) is 32.4. The minimum absolute atomic E-state index is 0.0822. The highest BCUT2D eigenvalue weighted by atomic mass is 32.1. The van der Waals surface area contributed by atoms with Gasteiger partial charge < -0.3 is 36.7 Å². The summed E-state index contributed by atoms with van der Waals surface area (Å²) >= 11 is 3.26. The summed E-state index contributed by atoms with van der Waals surface area (Å²) in [6.45, 7) is 4.06. The molecule has 8 N–H and O–H groups in total. The second kappa shape index (κ2) is 18.3. The number of phenolic OH excluding ortho intramolecular Hbond substituents is 1. The number of aliphatic hydroxyl groups is 2. The average Bonchev–Trinajstić information content (AvgIpc) is 4.17. The number of anilines is 1. The molecule has 4 aliphatic carbocycles. The van der Waals surface area contributed by atoms with Crippen molar-refractivity contribution in [2.24, 2.45) is 51.1 Å². The van der Waals surface area contributed by atoms with E-state index in [-0.39, 0.29) is 71.1 Å². The summed E-state index contributed by atoms with van der Waals surface area (Å²) in [7, 11) is 1.70. The molecular formula is C55H62N6O4S2. The number of aromatic hydroxyl groups is 1. The van der Waals surface area contributed by atoms with Crippen LogP contribution in [-0.2, 0) is 25.7 Å². The molecule has 9 atom stereocenters. The Morgan fingerprint density at radius 3 is 2.70 bits per heavy atom. The molecule has 0 amide bonds. The van der Waals surface area contributed by atoms with Gasteiger partial charge in [0.15, 0.2) is 11.7 Å². The van der Waals surface area contributed by atoms with Crippen molar-refractivity contribution in [1.29, 1.82) is 0 Å². The summed E-state index contributed by atoms with van der Waals surface area (Å²) < 4.78 is 0. The zero-order valence-electron chi connectivity index (χ0n) is 38.8. The molecule has 0 saturated heterocycles. The van der Waals surface area contributed by atoms with Crippen molar-refractivity contribution in [3.8, 4) is 39.2 Å². The van der Waals surface area contributed by atoms with Crippen LogP contribution in [-0.4, -0.2) is 68.9 Å². The largest absolute Gasteiger partial charge is 0.508 e. The monoisotopic (exact) mass is 934 g/mol. The number of phenols is 1. The summed E-state index contributed by atoms with van der Waals surface area (Å²) in [6.07, 6.45) is 12.9. The molecule has 4 heterocycles. The van der Waals surface area contributed by atoms with Crippen LogP contribution in [0.25, 0.3) is 9.75 Å². The third-order valence-electron chi connectivity index (χ3n) is 16.4. The van der Waals surface area contributed by atoms with Crippen molar-refractivity contribution in [2.75, 3.05) is 25.5 Å². The minimum Gasteiger partial charge on any atom is -0.508 e. The number of H-pyrrole nitrogens is 1. The quantitative estimate of drug-likeness (QED) is 0.0368. The van der Waals surface area contributed by atoms with Crippen molar-refractivity contribution in [3.63, 3.8) is 0 Å². The van der Waals surface area contributed by atoms with E-state index >= 15 is 4.79 Å². The summed E-state index contributed by atoms with van der Waals surface area (Å²) in [4.78, 5) is 31.6. The smallest absolute Gasteiger partial charge is 0.188 e. The number of hydrogen-bond acceptors (Lipinski definition) is 9. The average molecular weight is 935 g/mol. The van der Waals surface area contributed by atoms with Crippen molar-refractivity contribution in [2.45, 2.75) is 103 Å². The van der Waals surface area contributed by atoms with Gasteiger partial charge in [0.25, 0.3) is 0 Å². The number of aliphatic imine (C=N–C) groups is 1. The van der Waals surface area contributed by atoms with Gasteiger partial charge in [-0.3, -0.25) is 9.79 Å². The molecule has 3 saturated carbocycles. The van der Waals surface area contributed by atoms with E-state index in [1.54, 1.807) is 42.1 Å². The lowest BCUT2D eigenvalue weighted by molar-refractivity contribution is 0.0229. The van der Waals surface area contributed by atoms with Crippen LogP contribution < -0.4 is 16.4 Å². The van der Waals surface area contributed by atoms with E-state index in [0.29, 0.717) is 37.3 Å². The number of guanidine groups is 1. The highest BCUT2D eigenvalue weighted by Crippen LogP contribution is 2.70. The van der Waals surface area contributed by atoms with Gasteiger partial charge in [0, 0.05) is 78.6 Å². The van der Waals surface area contributed by atoms with Crippen LogP contribution in [0, 0.1) is 64.1 Å². The van der Waals surface area contributed by atoms with Crippen LogP contribution in [0.1, 0.15) is 113 Å². The van der Waals surface area contributed by atoms with Gasteiger partial charge in [0.05, 0.1) is 32.9 Å². The van der Waals surface area contributed by atoms with Gasteiger partial charge in [-0.1, -0.05) is 42.4 Å². The number of hydrogen-bond donors (Lipinski definition) is 7. The van der Waals surface area contributed by atoms with E-state index in [1.807, 2.05) is 32.2 Å². The summed E-state index contributed by atoms with van der Waals surface area (Å²) in [5.74, 6) is 14.6. The van der Waals surface area contributed by atoms with Crippen LogP contribution in [0.3, 0.4) is 0 Å². The minimum atomic E-state index is -1.15. The maximum Gasteiger partial charge on any atom is 0.188 e. The number of carbonyl (C=O) groups is 1. The number of thiophene rings is 2. The molecule has 67 heavy (non-hydrogen) atoms. The van der Waals surface area contributed by atoms with Gasteiger partial charge in [-0.2, -0.15) is 0 Å². The van der Waals surface area contributed by atoms with E-state index in [9.17, 15) is 15.3 Å². The van der Waals surface area contributed by atoms with E-state index in [0.717, 1.165) is 93.3 Å². The third kappa shape index (κ3) is 8.72. The molecule has 5 aliphatic rings. The Hall–Kier alpha value is -5.37. The molecule has 2 spiro atoms. The second-order valence-electron chi connectivity index (χ2n) is 20.5. The van der Waals surface area contributed by atoms with E-state index in [2.05, 4.69) is 85.7 Å². The van der Waals surface area contributed by atoms with E-state index in [4.69, 9.17) is 5.73 Å². The molecular weight excluding hydrogens is 873 g/mol. The summed E-state index contributed by atoms with van der Waals surface area (Å²) in [5, 5.41) is 42.2. The first kappa shape index (κ1) is 45.4. The van der Waals surface area contributed by atoms with Crippen LogP contribution in [0.15, 0.2) is 72.1 Å². The standard InChI is InChI=1S/C55H62N6O4S2/c1-4-7-41-13-16-48(66-41)49-17-18-50(67-49)51(64)44-15-12-36-26-54(44)27-45(55(30-54)19-6-10-38(55)29-62)34-11-14-42-37(22-46(36)61-52(56)57-3)21-40(63)24-47(42)59-31-53(2,65)25-35-9-5-8-33(20-34)43(35)23-39-28-58-32-60-39/h5,8-9,13,16-18,21,24,28,32,34,36,38,44-46,59,62-63,65H,6,10,12,15,19-20,22-23,25-27,29-31H2,1-3H3,(H,58,60)(H3,56,57,61)/t34-,36+,38+,44-,45-,46-,53-,54+,55+/m0/s1. The molecule has 0 unspecified atom stereocenters. The lowest BCUT2D eigenvalue weighted by Gasteiger charge is -2.48. The van der Waals surface area contributed by atoms with Crippen molar-refractivity contribution in [3.05, 3.63) is 110 Å². The van der Waals surface area contributed by atoms with Crippen molar-refractivity contribution < 1.29 is 20.1 Å². The number of nitrogens with two attached hydrogens (primary N) is 1. The molecule has 2 aromatic carbocycles. The van der Waals surface area contributed by atoms with Gasteiger partial charge in [0.2, 0.25) is 0 Å². The second-order valence-corrected chi connectivity index (χ2v) is 22.7. The number of Topliss-reactive ketones (excluding diaryl/α,β-unsaturated/α-hetero) is 1. The molecule has 5 aromatic rings. The number of imidazole rings is 1. The topological polar surface area (TPSA) is 169 Å². The molecule has 10 nitrogen and oxygen atoms in total. The number of ketones is 1. The Morgan fingerprint density at radius 2 is 1.90 bits per heavy atom. The van der Waals surface area contributed by atoms with Crippen LogP contribution in [0.4, 0.5) is 5.69 Å². The van der Waals surface area contributed by atoms with Crippen LogP contribution in [0.2, 0.25) is 0 Å². The molecule has 348 valence electrons. The number of aromatic amines is 1. The number of nitrogens with zero attached hydrogens (tertiary/aromatic N) is 2. The maximum atomic E-state index is 15.5. The molecule has 7 bridgehead atoms. The fourth-order valence-corrected chi connectivity index (χ4v) is 15.5. The maximum absolute atomic E-state index is 15.5. The number of fused-ring (bicyclic) bond motifs is 7. The Balaban J connectivity index is 1.16. The number of nitrogens with one attached hydrogen (secondary N) is 3. The van der Waals surface area contributed by atoms with Crippen LogP contribution in [0.5, 0.6) is 5.75 Å². The lowest BCUT2D eigenvalue weighted by atomic mass is 9.57. The number of aliphatic hydroxyl groups excluding tert-OH is 1. The van der Waals surface area contributed by atoms with Crippen molar-refractivity contribution in [1.82, 2.24) is 15.3 Å². The highest BCUT2D eigenvalue weighted by Gasteiger charge is 2.64. The predicted octanol–water partition coefficient (Wildman–Crippen LogP) is 8.73. The van der Waals surface area contributed by atoms with Gasteiger partial charge in [0.1, 0.15) is 5.75 Å². The number of β-amino-alcohol motifs (C(OH)–C–C–N with tert-alkyl or cyclic N) is 1. The Labute approximate surface area is 402 Å². The first-order valence-corrected chi connectivity index (χ1v) is 25.7. The van der Waals surface area contributed by atoms with Gasteiger partial charge in [-0.15, -0.1) is 28.6 Å². The zero-order chi connectivity index (χ0) is 46.5. The number of rotatable bonds is 7. The highest BCUT2D eigenvalue weighted by molar-refractivity contribution is 7.23. The first-order valence-electron chi connectivity index (χ1n) is 24.1. The summed E-state index contributed by atoms with van der Waals surface area (Å²) in [5.41, 5.74) is 11.6. The lowest BCUT2D eigenvalue weighted by Crippen LogP contribution is -2.50. The van der Waals surface area contributed by atoms with E-state index < -0.39 is 5.60 Å². The number of carbonyl (C=O) groups excluding carboxylic acids is 1. The fraction of sp³-hybridized carbons (Fsp3) is 0.473. The van der Waals surface area contributed by atoms with Gasteiger partial charge in [-0.05, 0) is 153 Å². The van der Waals surface area contributed by atoms with Gasteiger partial charge in [-0.25, -0.2) is 4.98 Å². The molecule has 1 aliphatic heterocycles. The molecule has 12 heteroatoms.